The Morgan fingerprint density at radius 2 is 1.66 bits per heavy atom. The predicted octanol–water partition coefficient (Wildman–Crippen LogP) is 4.56. The Kier molecular flexibility index (Phi) is 6.92. The van der Waals surface area contributed by atoms with Crippen molar-refractivity contribution in [3.05, 3.63) is 77.9 Å². The number of carbonyl (C=O) groups excluding carboxylic acids is 3. The van der Waals surface area contributed by atoms with Crippen LogP contribution in [0.4, 0.5) is 5.69 Å². The van der Waals surface area contributed by atoms with E-state index < -0.39 is 11.6 Å². The summed E-state index contributed by atoms with van der Waals surface area (Å²) in [5.41, 5.74) is 2.03. The lowest BCUT2D eigenvalue weighted by Crippen LogP contribution is -2.55. The molecule has 1 aliphatic rings. The lowest BCUT2D eigenvalue weighted by Gasteiger charge is -2.34. The van der Waals surface area contributed by atoms with Gasteiger partial charge in [0.05, 0.1) is 5.69 Å². The molecule has 0 saturated carbocycles. The van der Waals surface area contributed by atoms with Gasteiger partial charge in [-0.2, -0.15) is 0 Å². The molecule has 0 spiro atoms. The topological polar surface area (TPSA) is 69.7 Å². The Morgan fingerprint density at radius 3 is 2.31 bits per heavy atom. The molecule has 35 heavy (non-hydrogen) atoms. The zero-order valence-corrected chi connectivity index (χ0v) is 20.9. The van der Waals surface area contributed by atoms with Gasteiger partial charge in [0.1, 0.15) is 12.6 Å². The van der Waals surface area contributed by atoms with Crippen LogP contribution in [0.1, 0.15) is 50.0 Å². The maximum absolute atomic E-state index is 13.8. The average Bonchev–Trinajstić information content (AvgIpc) is 3.09. The monoisotopic (exact) mass is 471 g/mol. The van der Waals surface area contributed by atoms with Crippen LogP contribution in [0, 0.1) is 0 Å². The summed E-state index contributed by atoms with van der Waals surface area (Å²) in [7, 11) is 0. The standard InChI is InChI=1S/C29H33N3O3/c1-5-23(27(34)30-29(2,3)4)31(18-17-20-11-7-6-8-12-20)25(33)19-32-24-16-10-14-21-13-9-15-22(26(21)24)28(32)35/h6-16,23H,5,17-19H2,1-4H3,(H,30,34)/t23-/m1/s1. The van der Waals surface area contributed by atoms with Gasteiger partial charge in [-0.05, 0) is 56.7 Å². The molecule has 0 bridgehead atoms. The first-order valence-electron chi connectivity index (χ1n) is 12.2. The number of anilines is 1. The zero-order valence-electron chi connectivity index (χ0n) is 20.9. The fourth-order valence-corrected chi connectivity index (χ4v) is 4.71. The molecule has 3 aromatic carbocycles. The third-order valence-electron chi connectivity index (χ3n) is 6.31. The van der Waals surface area contributed by atoms with Crippen LogP contribution in [-0.2, 0) is 16.0 Å². The van der Waals surface area contributed by atoms with Crippen molar-refractivity contribution in [3.8, 4) is 0 Å². The summed E-state index contributed by atoms with van der Waals surface area (Å²) in [5, 5.41) is 4.87. The van der Waals surface area contributed by atoms with Gasteiger partial charge in [-0.15, -0.1) is 0 Å². The molecular weight excluding hydrogens is 438 g/mol. The molecule has 6 heteroatoms. The molecule has 0 saturated heterocycles. The number of carbonyl (C=O) groups is 3. The summed E-state index contributed by atoms with van der Waals surface area (Å²) in [6.07, 6.45) is 1.10. The molecule has 0 aliphatic carbocycles. The Bertz CT molecular complexity index is 1240. The third kappa shape index (κ3) is 5.21. The van der Waals surface area contributed by atoms with Crippen molar-refractivity contribution >= 4 is 34.2 Å². The number of nitrogens with one attached hydrogen (secondary N) is 1. The van der Waals surface area contributed by atoms with Gasteiger partial charge >= 0.3 is 0 Å². The minimum Gasteiger partial charge on any atom is -0.350 e. The van der Waals surface area contributed by atoms with Crippen molar-refractivity contribution in [2.24, 2.45) is 0 Å². The van der Waals surface area contributed by atoms with E-state index in [9.17, 15) is 14.4 Å². The Hall–Kier alpha value is -3.67. The highest BCUT2D eigenvalue weighted by molar-refractivity contribution is 6.26. The summed E-state index contributed by atoms with van der Waals surface area (Å²) in [4.78, 5) is 43.4. The molecule has 1 aliphatic heterocycles. The Labute approximate surface area is 206 Å². The molecule has 1 N–H and O–H groups in total. The maximum atomic E-state index is 13.8. The SMILES string of the molecule is CC[C@H](C(=O)NC(C)(C)C)N(CCc1ccccc1)C(=O)CN1C(=O)c2cccc3cccc1c23. The van der Waals surface area contributed by atoms with Gasteiger partial charge < -0.3 is 10.2 Å². The Balaban J connectivity index is 1.61. The molecule has 1 heterocycles. The number of hydrogen-bond donors (Lipinski definition) is 1. The highest BCUT2D eigenvalue weighted by atomic mass is 16.2. The maximum Gasteiger partial charge on any atom is 0.259 e. The molecule has 3 aromatic rings. The first-order chi connectivity index (χ1) is 16.7. The Morgan fingerprint density at radius 1 is 0.971 bits per heavy atom. The van der Waals surface area contributed by atoms with Gasteiger partial charge in [-0.3, -0.25) is 19.3 Å². The van der Waals surface area contributed by atoms with Crippen LogP contribution < -0.4 is 10.2 Å². The summed E-state index contributed by atoms with van der Waals surface area (Å²) in [6, 6.07) is 20.7. The molecule has 0 unspecified atom stereocenters. The number of hydrogen-bond acceptors (Lipinski definition) is 3. The molecule has 1 atom stereocenters. The van der Waals surface area contributed by atoms with Crippen molar-refractivity contribution in [2.75, 3.05) is 18.0 Å². The van der Waals surface area contributed by atoms with Crippen molar-refractivity contribution in [2.45, 2.75) is 52.1 Å². The second kappa shape index (κ2) is 9.90. The van der Waals surface area contributed by atoms with E-state index in [2.05, 4.69) is 5.32 Å². The van der Waals surface area contributed by atoms with Crippen LogP contribution >= 0.6 is 0 Å². The molecule has 0 radical (unpaired) electrons. The van der Waals surface area contributed by atoms with E-state index in [1.54, 1.807) is 15.9 Å². The van der Waals surface area contributed by atoms with Gasteiger partial charge in [0.15, 0.2) is 0 Å². The zero-order chi connectivity index (χ0) is 25.2. The summed E-state index contributed by atoms with van der Waals surface area (Å²) in [5.74, 6) is -0.602. The predicted molar refractivity (Wildman–Crippen MR) is 139 cm³/mol. The second-order valence-electron chi connectivity index (χ2n) is 10.1. The second-order valence-corrected chi connectivity index (χ2v) is 10.1. The van der Waals surface area contributed by atoms with E-state index in [0.717, 1.165) is 22.0 Å². The summed E-state index contributed by atoms with van der Waals surface area (Å²) < 4.78 is 0. The number of amides is 3. The highest BCUT2D eigenvalue weighted by Gasteiger charge is 2.35. The number of nitrogens with zero attached hydrogens (tertiary/aromatic N) is 2. The number of benzene rings is 3. The minimum atomic E-state index is -0.624. The molecule has 0 fully saturated rings. The van der Waals surface area contributed by atoms with E-state index in [4.69, 9.17) is 0 Å². The van der Waals surface area contributed by atoms with Crippen molar-refractivity contribution < 1.29 is 14.4 Å². The fraction of sp³-hybridized carbons (Fsp3) is 0.345. The molecule has 3 amide bonds. The van der Waals surface area contributed by atoms with Gasteiger partial charge in [-0.1, -0.05) is 61.5 Å². The van der Waals surface area contributed by atoms with Crippen LogP contribution in [-0.4, -0.2) is 47.3 Å². The van der Waals surface area contributed by atoms with Crippen LogP contribution in [0.5, 0.6) is 0 Å². The first kappa shape index (κ1) is 24.5. The van der Waals surface area contributed by atoms with E-state index in [-0.39, 0.29) is 24.3 Å². The van der Waals surface area contributed by atoms with Gasteiger partial charge in [0.25, 0.3) is 5.91 Å². The van der Waals surface area contributed by atoms with Crippen LogP contribution in [0.3, 0.4) is 0 Å². The highest BCUT2D eigenvalue weighted by Crippen LogP contribution is 2.37. The van der Waals surface area contributed by atoms with Gasteiger partial charge in [0.2, 0.25) is 11.8 Å². The van der Waals surface area contributed by atoms with Crippen molar-refractivity contribution in [3.63, 3.8) is 0 Å². The average molecular weight is 472 g/mol. The van der Waals surface area contributed by atoms with Gasteiger partial charge in [0, 0.05) is 23.0 Å². The molecule has 6 nitrogen and oxygen atoms in total. The normalized spacial score (nSPS) is 13.7. The van der Waals surface area contributed by atoms with E-state index in [0.29, 0.717) is 24.9 Å². The van der Waals surface area contributed by atoms with Crippen molar-refractivity contribution in [1.82, 2.24) is 10.2 Å². The molecular formula is C29H33N3O3. The first-order valence-corrected chi connectivity index (χ1v) is 12.2. The van der Waals surface area contributed by atoms with Crippen molar-refractivity contribution in [1.29, 1.82) is 0 Å². The fourth-order valence-electron chi connectivity index (χ4n) is 4.71. The minimum absolute atomic E-state index is 0.110. The van der Waals surface area contributed by atoms with E-state index in [1.165, 1.54) is 0 Å². The molecule has 0 aromatic heterocycles. The van der Waals surface area contributed by atoms with Crippen LogP contribution in [0.25, 0.3) is 10.8 Å². The summed E-state index contributed by atoms with van der Waals surface area (Å²) >= 11 is 0. The molecule has 4 rings (SSSR count). The van der Waals surface area contributed by atoms with Crippen LogP contribution in [0.2, 0.25) is 0 Å². The molecule has 182 valence electrons. The van der Waals surface area contributed by atoms with Gasteiger partial charge in [-0.25, -0.2) is 0 Å². The lowest BCUT2D eigenvalue weighted by atomic mass is 10.1. The quantitative estimate of drug-likeness (QED) is 0.523. The van der Waals surface area contributed by atoms with E-state index in [1.807, 2.05) is 88.4 Å². The smallest absolute Gasteiger partial charge is 0.259 e. The van der Waals surface area contributed by atoms with Crippen LogP contribution in [0.15, 0.2) is 66.7 Å². The van der Waals surface area contributed by atoms with E-state index >= 15 is 0 Å². The lowest BCUT2D eigenvalue weighted by molar-refractivity contribution is -0.140. The largest absolute Gasteiger partial charge is 0.350 e. The summed E-state index contributed by atoms with van der Waals surface area (Å²) in [6.45, 7) is 7.96. The number of rotatable bonds is 8. The third-order valence-corrected chi connectivity index (χ3v) is 6.31.